The molecule has 0 bridgehead atoms. The number of pyridine rings is 1. The minimum atomic E-state index is -0.686. The number of hydrogen-bond donors (Lipinski definition) is 3. The number of anilines is 1. The number of amides is 3. The van der Waals surface area contributed by atoms with Crippen molar-refractivity contribution in [3.8, 4) is 0 Å². The van der Waals surface area contributed by atoms with Crippen LogP contribution in [0, 0.1) is 18.7 Å². The molecule has 3 amide bonds. The first-order chi connectivity index (χ1) is 13.3. The summed E-state index contributed by atoms with van der Waals surface area (Å²) in [6.45, 7) is 5.71. The van der Waals surface area contributed by atoms with Gasteiger partial charge in [-0.15, -0.1) is 0 Å². The Hall–Kier alpha value is -3.42. The summed E-state index contributed by atoms with van der Waals surface area (Å²) in [5.74, 6) is -0.460. The zero-order valence-electron chi connectivity index (χ0n) is 15.7. The summed E-state index contributed by atoms with van der Waals surface area (Å²) in [6, 6.07) is 6.34. The number of carbonyl (C=O) groups excluding carboxylic acids is 2. The SMILES string of the molecule is Cc1c([C@H](NC(=O)Nc2ccnc(C(N)=O)c2)C(C)C)oc2ccc(F)cc12. The number of hydrogen-bond acceptors (Lipinski definition) is 4. The zero-order valence-corrected chi connectivity index (χ0v) is 15.7. The van der Waals surface area contributed by atoms with Crippen LogP contribution in [0.5, 0.6) is 0 Å². The van der Waals surface area contributed by atoms with Crippen LogP contribution in [0.3, 0.4) is 0 Å². The van der Waals surface area contributed by atoms with E-state index in [2.05, 4.69) is 15.6 Å². The number of urea groups is 1. The minimum Gasteiger partial charge on any atom is -0.459 e. The molecule has 7 nitrogen and oxygen atoms in total. The third-order valence-corrected chi connectivity index (χ3v) is 4.44. The maximum absolute atomic E-state index is 13.6. The lowest BCUT2D eigenvalue weighted by Crippen LogP contribution is -2.35. The summed E-state index contributed by atoms with van der Waals surface area (Å²) in [4.78, 5) is 27.6. The normalized spacial score (nSPS) is 12.2. The lowest BCUT2D eigenvalue weighted by atomic mass is 9.98. The molecule has 2 heterocycles. The smallest absolute Gasteiger partial charge is 0.319 e. The summed E-state index contributed by atoms with van der Waals surface area (Å²) in [7, 11) is 0. The molecule has 0 aliphatic rings. The highest BCUT2D eigenvalue weighted by Crippen LogP contribution is 2.33. The molecular weight excluding hydrogens is 363 g/mol. The molecule has 3 aromatic rings. The van der Waals surface area contributed by atoms with Gasteiger partial charge in [-0.25, -0.2) is 9.18 Å². The Kier molecular flexibility index (Phi) is 5.30. The number of nitrogens with zero attached hydrogens (tertiary/aromatic N) is 1. The number of rotatable bonds is 5. The fraction of sp³-hybridized carbons (Fsp3) is 0.250. The molecule has 0 radical (unpaired) electrons. The van der Waals surface area contributed by atoms with Gasteiger partial charge in [0, 0.05) is 22.8 Å². The van der Waals surface area contributed by atoms with Gasteiger partial charge in [-0.2, -0.15) is 0 Å². The molecule has 8 heteroatoms. The highest BCUT2D eigenvalue weighted by Gasteiger charge is 2.25. The van der Waals surface area contributed by atoms with E-state index in [0.29, 0.717) is 22.4 Å². The van der Waals surface area contributed by atoms with Gasteiger partial charge in [-0.05, 0) is 43.2 Å². The van der Waals surface area contributed by atoms with Crippen molar-refractivity contribution in [2.24, 2.45) is 11.7 Å². The van der Waals surface area contributed by atoms with Gasteiger partial charge in [-0.1, -0.05) is 13.8 Å². The molecule has 0 aliphatic heterocycles. The predicted octanol–water partition coefficient (Wildman–Crippen LogP) is 3.89. The Balaban J connectivity index is 1.84. The average molecular weight is 384 g/mol. The van der Waals surface area contributed by atoms with E-state index < -0.39 is 18.0 Å². The first kappa shape index (κ1) is 19.3. The molecule has 0 saturated heterocycles. The lowest BCUT2D eigenvalue weighted by molar-refractivity contribution is 0.0995. The Morgan fingerprint density at radius 3 is 2.64 bits per heavy atom. The van der Waals surface area contributed by atoms with Gasteiger partial charge in [0.1, 0.15) is 22.9 Å². The van der Waals surface area contributed by atoms with Crippen molar-refractivity contribution in [2.75, 3.05) is 5.32 Å². The summed E-state index contributed by atoms with van der Waals surface area (Å²) in [5, 5.41) is 6.20. The first-order valence-corrected chi connectivity index (χ1v) is 8.78. The van der Waals surface area contributed by atoms with E-state index in [1.54, 1.807) is 12.1 Å². The van der Waals surface area contributed by atoms with E-state index in [1.807, 2.05) is 20.8 Å². The van der Waals surface area contributed by atoms with Crippen LogP contribution in [-0.4, -0.2) is 16.9 Å². The van der Waals surface area contributed by atoms with Crippen molar-refractivity contribution >= 4 is 28.6 Å². The van der Waals surface area contributed by atoms with Crippen LogP contribution in [0.25, 0.3) is 11.0 Å². The largest absolute Gasteiger partial charge is 0.459 e. The van der Waals surface area contributed by atoms with Gasteiger partial charge in [0.15, 0.2) is 0 Å². The van der Waals surface area contributed by atoms with Crippen molar-refractivity contribution in [3.05, 3.63) is 59.4 Å². The number of carbonyl (C=O) groups is 2. The van der Waals surface area contributed by atoms with E-state index >= 15 is 0 Å². The Labute approximate surface area is 161 Å². The van der Waals surface area contributed by atoms with Gasteiger partial charge in [0.05, 0.1) is 6.04 Å². The monoisotopic (exact) mass is 384 g/mol. The number of aromatic nitrogens is 1. The molecule has 0 spiro atoms. The molecule has 28 heavy (non-hydrogen) atoms. The fourth-order valence-electron chi connectivity index (χ4n) is 3.00. The van der Waals surface area contributed by atoms with Crippen LogP contribution in [0.1, 0.15) is 41.7 Å². The first-order valence-electron chi connectivity index (χ1n) is 8.78. The summed E-state index contributed by atoms with van der Waals surface area (Å²) >= 11 is 0. The molecular formula is C20H21FN4O3. The van der Waals surface area contributed by atoms with Crippen molar-refractivity contribution in [3.63, 3.8) is 0 Å². The number of fused-ring (bicyclic) bond motifs is 1. The zero-order chi connectivity index (χ0) is 20.4. The number of nitrogens with one attached hydrogen (secondary N) is 2. The van der Waals surface area contributed by atoms with Gasteiger partial charge in [-0.3, -0.25) is 9.78 Å². The van der Waals surface area contributed by atoms with E-state index in [-0.39, 0.29) is 17.4 Å². The van der Waals surface area contributed by atoms with Crippen LogP contribution >= 0.6 is 0 Å². The Bertz CT molecular complexity index is 1050. The molecule has 4 N–H and O–H groups in total. The van der Waals surface area contributed by atoms with Crippen LogP contribution in [0.2, 0.25) is 0 Å². The second-order valence-corrected chi connectivity index (χ2v) is 6.85. The van der Waals surface area contributed by atoms with Crippen molar-refractivity contribution in [1.82, 2.24) is 10.3 Å². The maximum Gasteiger partial charge on any atom is 0.319 e. The molecule has 1 atom stereocenters. The molecule has 0 fully saturated rings. The third kappa shape index (κ3) is 3.95. The van der Waals surface area contributed by atoms with Crippen LogP contribution < -0.4 is 16.4 Å². The van der Waals surface area contributed by atoms with Crippen molar-refractivity contribution < 1.29 is 18.4 Å². The quantitative estimate of drug-likeness (QED) is 0.620. The summed E-state index contributed by atoms with van der Waals surface area (Å²) in [5.41, 5.74) is 6.97. The fourth-order valence-corrected chi connectivity index (χ4v) is 3.00. The molecule has 146 valence electrons. The number of aryl methyl sites for hydroxylation is 1. The maximum atomic E-state index is 13.6. The van der Waals surface area contributed by atoms with Crippen LogP contribution in [0.4, 0.5) is 14.9 Å². The number of furan rings is 1. The molecule has 0 unspecified atom stereocenters. The molecule has 2 aromatic heterocycles. The second kappa shape index (κ2) is 7.67. The number of benzene rings is 1. The number of nitrogens with two attached hydrogens (primary N) is 1. The molecule has 0 saturated carbocycles. The Morgan fingerprint density at radius 2 is 1.96 bits per heavy atom. The highest BCUT2D eigenvalue weighted by molar-refractivity contribution is 5.94. The lowest BCUT2D eigenvalue weighted by Gasteiger charge is -2.21. The standard InChI is InChI=1S/C20H21FN4O3/c1-10(2)17(18-11(3)14-8-12(21)4-5-16(14)28-18)25-20(27)24-13-6-7-23-15(9-13)19(22)26/h4-10,17H,1-3H3,(H2,22,26)(H2,23,24,25,27)/t17-/m1/s1. The average Bonchev–Trinajstić information content (AvgIpc) is 2.95. The third-order valence-electron chi connectivity index (χ3n) is 4.44. The van der Waals surface area contributed by atoms with Gasteiger partial charge < -0.3 is 20.8 Å². The van der Waals surface area contributed by atoms with E-state index in [9.17, 15) is 14.0 Å². The second-order valence-electron chi connectivity index (χ2n) is 6.85. The molecule has 3 rings (SSSR count). The predicted molar refractivity (Wildman–Crippen MR) is 103 cm³/mol. The van der Waals surface area contributed by atoms with Crippen LogP contribution in [-0.2, 0) is 0 Å². The number of primary amides is 1. The number of halogens is 1. The van der Waals surface area contributed by atoms with Crippen LogP contribution in [0.15, 0.2) is 40.9 Å². The van der Waals surface area contributed by atoms with Crippen molar-refractivity contribution in [1.29, 1.82) is 0 Å². The van der Waals surface area contributed by atoms with E-state index in [1.165, 1.54) is 24.4 Å². The summed E-state index contributed by atoms with van der Waals surface area (Å²) < 4.78 is 19.5. The van der Waals surface area contributed by atoms with Gasteiger partial charge >= 0.3 is 6.03 Å². The highest BCUT2D eigenvalue weighted by atomic mass is 19.1. The van der Waals surface area contributed by atoms with E-state index in [4.69, 9.17) is 10.2 Å². The van der Waals surface area contributed by atoms with Gasteiger partial charge in [0.25, 0.3) is 5.91 Å². The summed E-state index contributed by atoms with van der Waals surface area (Å²) in [6.07, 6.45) is 1.38. The van der Waals surface area contributed by atoms with Gasteiger partial charge in [0.2, 0.25) is 0 Å². The molecule has 1 aromatic carbocycles. The minimum absolute atomic E-state index is 0.00785. The van der Waals surface area contributed by atoms with Crippen molar-refractivity contribution in [2.45, 2.75) is 26.8 Å². The topological polar surface area (TPSA) is 110 Å². The van der Waals surface area contributed by atoms with E-state index in [0.717, 1.165) is 5.56 Å². The Morgan fingerprint density at radius 1 is 1.21 bits per heavy atom. The molecule has 0 aliphatic carbocycles.